The largest absolute Gasteiger partial charge is 0.360 e. The van der Waals surface area contributed by atoms with E-state index in [1.165, 1.54) is 0 Å². The Kier molecular flexibility index (Phi) is 4.91. The van der Waals surface area contributed by atoms with Gasteiger partial charge in [0.1, 0.15) is 5.54 Å². The van der Waals surface area contributed by atoms with Gasteiger partial charge in [-0.25, -0.2) is 0 Å². The monoisotopic (exact) mass is 370 g/mol. The van der Waals surface area contributed by atoms with Crippen LogP contribution in [0.4, 0.5) is 0 Å². The molecule has 0 amide bonds. The van der Waals surface area contributed by atoms with Gasteiger partial charge in [-0.05, 0) is 29.3 Å². The summed E-state index contributed by atoms with van der Waals surface area (Å²) in [6.45, 7) is 0. The lowest BCUT2D eigenvalue weighted by Crippen LogP contribution is -2.28. The van der Waals surface area contributed by atoms with E-state index in [0.717, 1.165) is 22.4 Å². The van der Waals surface area contributed by atoms with Crippen LogP contribution in [0.3, 0.4) is 0 Å². The lowest BCUT2D eigenvalue weighted by atomic mass is 9.77. The summed E-state index contributed by atoms with van der Waals surface area (Å²) in [5.74, 6) is 0. The number of aromatic amines is 1. The quantitative estimate of drug-likeness (QED) is 0.326. The second-order valence-electron chi connectivity index (χ2n) is 6.31. The lowest BCUT2D eigenvalue weighted by Gasteiger charge is -2.32. The van der Waals surface area contributed by atoms with Crippen LogP contribution < -0.4 is 0 Å². The predicted octanol–water partition coefficient (Wildman–Crippen LogP) is 6.08. The number of aliphatic imine (C=N–C) groups is 1. The van der Waals surface area contributed by atoms with Gasteiger partial charge in [-0.1, -0.05) is 90.5 Å². The fraction of sp³-hybridized carbons (Fsp3) is 0.0417. The van der Waals surface area contributed by atoms with Gasteiger partial charge in [0.15, 0.2) is 0 Å². The van der Waals surface area contributed by atoms with Crippen LogP contribution >= 0.6 is 11.6 Å². The van der Waals surface area contributed by atoms with Gasteiger partial charge in [-0.15, -0.1) is 0 Å². The molecule has 0 atom stereocenters. The molecule has 2 nitrogen and oxygen atoms in total. The second kappa shape index (κ2) is 7.65. The predicted molar refractivity (Wildman–Crippen MR) is 113 cm³/mol. The number of hydrogen-bond acceptors (Lipinski definition) is 1. The molecule has 1 aromatic heterocycles. The highest BCUT2D eigenvalue weighted by Gasteiger charge is 2.37. The number of halogens is 1. The van der Waals surface area contributed by atoms with Crippen molar-refractivity contribution in [2.75, 3.05) is 0 Å². The standard InChI is InChI=1S/C24H19ClN2/c25-23-16-8-7-15-22(23)24(19-10-3-1-4-11-19,20-12-5-2-6-13-20)27-18-21-14-9-17-26-21/h1-18,26H. The van der Waals surface area contributed by atoms with E-state index in [0.29, 0.717) is 5.02 Å². The third-order valence-corrected chi connectivity index (χ3v) is 5.00. The molecule has 0 bridgehead atoms. The van der Waals surface area contributed by atoms with Gasteiger partial charge in [-0.3, -0.25) is 4.99 Å². The van der Waals surface area contributed by atoms with E-state index >= 15 is 0 Å². The van der Waals surface area contributed by atoms with Gasteiger partial charge >= 0.3 is 0 Å². The van der Waals surface area contributed by atoms with Crippen molar-refractivity contribution >= 4 is 17.8 Å². The summed E-state index contributed by atoms with van der Waals surface area (Å²) in [5.41, 5.74) is 3.27. The van der Waals surface area contributed by atoms with E-state index in [-0.39, 0.29) is 0 Å². The van der Waals surface area contributed by atoms with Crippen molar-refractivity contribution in [3.8, 4) is 0 Å². The zero-order valence-corrected chi connectivity index (χ0v) is 15.5. The number of nitrogens with zero attached hydrogens (tertiary/aromatic N) is 1. The van der Waals surface area contributed by atoms with E-state index in [1.54, 1.807) is 0 Å². The summed E-state index contributed by atoms with van der Waals surface area (Å²) in [6.07, 6.45) is 3.77. The zero-order chi connectivity index (χ0) is 18.5. The van der Waals surface area contributed by atoms with Gasteiger partial charge in [-0.2, -0.15) is 0 Å². The van der Waals surface area contributed by atoms with Gasteiger partial charge in [0.05, 0.1) is 5.69 Å². The molecule has 1 N–H and O–H groups in total. The Morgan fingerprint density at radius 1 is 0.704 bits per heavy atom. The number of nitrogens with one attached hydrogen (secondary N) is 1. The summed E-state index contributed by atoms with van der Waals surface area (Å²) in [7, 11) is 0. The van der Waals surface area contributed by atoms with Crippen molar-refractivity contribution in [1.82, 2.24) is 4.98 Å². The van der Waals surface area contributed by atoms with Crippen molar-refractivity contribution in [1.29, 1.82) is 0 Å². The molecular weight excluding hydrogens is 352 g/mol. The van der Waals surface area contributed by atoms with E-state index < -0.39 is 5.54 Å². The smallest absolute Gasteiger partial charge is 0.137 e. The summed E-state index contributed by atoms with van der Waals surface area (Å²) in [6, 6.07) is 32.4. The first-order valence-electron chi connectivity index (χ1n) is 8.85. The molecule has 0 saturated carbocycles. The highest BCUT2D eigenvalue weighted by Crippen LogP contribution is 2.43. The maximum atomic E-state index is 6.69. The molecule has 3 heteroatoms. The Morgan fingerprint density at radius 2 is 1.30 bits per heavy atom. The van der Waals surface area contributed by atoms with Crippen LogP contribution in [0.15, 0.2) is 108 Å². The highest BCUT2D eigenvalue weighted by atomic mass is 35.5. The normalized spacial score (nSPS) is 11.7. The average Bonchev–Trinajstić information content (AvgIpc) is 3.25. The molecule has 3 aromatic carbocycles. The third-order valence-electron chi connectivity index (χ3n) is 4.67. The van der Waals surface area contributed by atoms with Crippen molar-refractivity contribution in [3.63, 3.8) is 0 Å². The number of hydrogen-bond donors (Lipinski definition) is 1. The topological polar surface area (TPSA) is 28.1 Å². The van der Waals surface area contributed by atoms with Crippen molar-refractivity contribution in [2.45, 2.75) is 5.54 Å². The van der Waals surface area contributed by atoms with E-state index in [9.17, 15) is 0 Å². The molecule has 0 radical (unpaired) electrons. The first kappa shape index (κ1) is 17.3. The van der Waals surface area contributed by atoms with Crippen LogP contribution in [0.5, 0.6) is 0 Å². The molecular formula is C24H19ClN2. The molecule has 4 aromatic rings. The molecule has 132 valence electrons. The fourth-order valence-corrected chi connectivity index (χ4v) is 3.67. The first-order chi connectivity index (χ1) is 13.3. The maximum Gasteiger partial charge on any atom is 0.137 e. The van der Waals surface area contributed by atoms with Gasteiger partial charge in [0, 0.05) is 23.0 Å². The summed E-state index contributed by atoms with van der Waals surface area (Å²) >= 11 is 6.69. The van der Waals surface area contributed by atoms with E-state index in [2.05, 4.69) is 29.2 Å². The highest BCUT2D eigenvalue weighted by molar-refractivity contribution is 6.31. The maximum absolute atomic E-state index is 6.69. The fourth-order valence-electron chi connectivity index (χ4n) is 3.40. The first-order valence-corrected chi connectivity index (χ1v) is 9.23. The summed E-state index contributed by atoms with van der Waals surface area (Å²) in [4.78, 5) is 8.33. The summed E-state index contributed by atoms with van der Waals surface area (Å²) in [5, 5.41) is 0.689. The zero-order valence-electron chi connectivity index (χ0n) is 14.7. The van der Waals surface area contributed by atoms with Crippen molar-refractivity contribution in [2.24, 2.45) is 4.99 Å². The molecule has 1 heterocycles. The van der Waals surface area contributed by atoms with Gasteiger partial charge in [0.2, 0.25) is 0 Å². The Balaban J connectivity index is 2.04. The molecule has 0 aliphatic heterocycles. The molecule has 0 unspecified atom stereocenters. The van der Waals surface area contributed by atoms with Crippen LogP contribution in [0.25, 0.3) is 0 Å². The second-order valence-corrected chi connectivity index (χ2v) is 6.71. The van der Waals surface area contributed by atoms with Gasteiger partial charge < -0.3 is 4.98 Å². The minimum atomic E-state index is -0.744. The van der Waals surface area contributed by atoms with Crippen molar-refractivity contribution < 1.29 is 0 Å². The van der Waals surface area contributed by atoms with Crippen LogP contribution in [-0.2, 0) is 5.54 Å². The Morgan fingerprint density at radius 3 is 1.85 bits per heavy atom. The lowest BCUT2D eigenvalue weighted by molar-refractivity contribution is 0.660. The molecule has 0 fully saturated rings. The minimum Gasteiger partial charge on any atom is -0.360 e. The summed E-state index contributed by atoms with van der Waals surface area (Å²) < 4.78 is 0. The van der Waals surface area contributed by atoms with E-state index in [1.807, 2.05) is 85.2 Å². The number of aromatic nitrogens is 1. The number of H-pyrrole nitrogens is 1. The molecule has 0 saturated heterocycles. The Hall–Kier alpha value is -3.10. The molecule has 4 rings (SSSR count). The average molecular weight is 371 g/mol. The van der Waals surface area contributed by atoms with Crippen LogP contribution in [-0.4, -0.2) is 11.2 Å². The molecule has 27 heavy (non-hydrogen) atoms. The SMILES string of the molecule is Clc1ccccc1C(N=Cc1ccc[nH]1)(c1ccccc1)c1ccccc1. The molecule has 0 aliphatic carbocycles. The van der Waals surface area contributed by atoms with Crippen LogP contribution in [0.1, 0.15) is 22.4 Å². The minimum absolute atomic E-state index is 0.689. The van der Waals surface area contributed by atoms with Gasteiger partial charge in [0.25, 0.3) is 0 Å². The number of rotatable bonds is 5. The Bertz CT molecular complexity index is 983. The van der Waals surface area contributed by atoms with Crippen LogP contribution in [0.2, 0.25) is 5.02 Å². The third kappa shape index (κ3) is 3.32. The van der Waals surface area contributed by atoms with Crippen LogP contribution in [0, 0.1) is 0 Å². The molecule has 0 aliphatic rings. The molecule has 0 spiro atoms. The van der Waals surface area contributed by atoms with Crippen molar-refractivity contribution in [3.05, 3.63) is 131 Å². The Labute approximate surface area is 164 Å². The van der Waals surface area contributed by atoms with E-state index in [4.69, 9.17) is 16.6 Å². The number of benzene rings is 3.